The highest BCUT2D eigenvalue weighted by Gasteiger charge is 2.07. The Hall–Kier alpha value is -2.25. The van der Waals surface area contributed by atoms with Gasteiger partial charge in [-0.15, -0.1) is 0 Å². The Morgan fingerprint density at radius 2 is 2.05 bits per heavy atom. The molecule has 0 aliphatic heterocycles. The van der Waals surface area contributed by atoms with Gasteiger partial charge in [0.25, 0.3) is 0 Å². The Morgan fingerprint density at radius 3 is 2.86 bits per heavy atom. The number of nitrogens with zero attached hydrogens (tertiary/aromatic N) is 2. The summed E-state index contributed by atoms with van der Waals surface area (Å²) in [6, 6.07) is 16.2. The minimum Gasteiger partial charge on any atom is -0.380 e. The number of aryl methyl sites for hydroxylation is 1. The summed E-state index contributed by atoms with van der Waals surface area (Å²) in [7, 11) is 2.05. The van der Waals surface area contributed by atoms with E-state index >= 15 is 0 Å². The van der Waals surface area contributed by atoms with Crippen molar-refractivity contribution >= 4 is 32.5 Å². The van der Waals surface area contributed by atoms with Gasteiger partial charge in [0.2, 0.25) is 0 Å². The van der Waals surface area contributed by atoms with Crippen molar-refractivity contribution < 1.29 is 0 Å². The minimum absolute atomic E-state index is 0.643. The van der Waals surface area contributed by atoms with Crippen molar-refractivity contribution in [1.29, 1.82) is 5.26 Å². The SMILES string of the molecule is Cn1cc(CNc2ccc(Br)cc2C#N)c2ccccc21. The lowest BCUT2D eigenvalue weighted by molar-refractivity contribution is 0.955. The van der Waals surface area contributed by atoms with Gasteiger partial charge in [0.1, 0.15) is 6.07 Å². The average Bonchev–Trinajstić information content (AvgIpc) is 2.83. The zero-order valence-corrected chi connectivity index (χ0v) is 13.2. The predicted octanol–water partition coefficient (Wildman–Crippen LogP) is 4.42. The third-order valence-corrected chi connectivity index (χ3v) is 4.04. The molecule has 1 aromatic heterocycles. The fraction of sp³-hybridized carbons (Fsp3) is 0.118. The molecular formula is C17H14BrN3. The Labute approximate surface area is 131 Å². The van der Waals surface area contributed by atoms with Crippen molar-refractivity contribution in [1.82, 2.24) is 4.57 Å². The summed E-state index contributed by atoms with van der Waals surface area (Å²) in [5, 5.41) is 13.8. The van der Waals surface area contributed by atoms with E-state index in [1.54, 1.807) is 0 Å². The molecule has 0 aliphatic carbocycles. The molecule has 3 nitrogen and oxygen atoms in total. The van der Waals surface area contributed by atoms with Crippen molar-refractivity contribution in [3.63, 3.8) is 0 Å². The normalized spacial score (nSPS) is 10.5. The van der Waals surface area contributed by atoms with Gasteiger partial charge in [-0.05, 0) is 29.8 Å². The quantitative estimate of drug-likeness (QED) is 0.767. The number of halogens is 1. The number of fused-ring (bicyclic) bond motifs is 1. The van der Waals surface area contributed by atoms with Gasteiger partial charge < -0.3 is 9.88 Å². The number of rotatable bonds is 3. The number of hydrogen-bond acceptors (Lipinski definition) is 2. The summed E-state index contributed by atoms with van der Waals surface area (Å²) in [6.45, 7) is 0.692. The van der Waals surface area contributed by atoms with Crippen LogP contribution in [0.5, 0.6) is 0 Å². The third-order valence-electron chi connectivity index (χ3n) is 3.55. The van der Waals surface area contributed by atoms with Crippen molar-refractivity contribution in [2.24, 2.45) is 7.05 Å². The molecule has 0 saturated carbocycles. The van der Waals surface area contributed by atoms with Crippen LogP contribution in [0.3, 0.4) is 0 Å². The third kappa shape index (κ3) is 2.65. The highest BCUT2D eigenvalue weighted by atomic mass is 79.9. The predicted molar refractivity (Wildman–Crippen MR) is 89.1 cm³/mol. The lowest BCUT2D eigenvalue weighted by Gasteiger charge is -2.08. The maximum Gasteiger partial charge on any atom is 0.101 e. The van der Waals surface area contributed by atoms with Crippen LogP contribution in [0.1, 0.15) is 11.1 Å². The highest BCUT2D eigenvalue weighted by Crippen LogP contribution is 2.24. The monoisotopic (exact) mass is 339 g/mol. The summed E-state index contributed by atoms with van der Waals surface area (Å²) < 4.78 is 3.04. The molecule has 1 heterocycles. The lowest BCUT2D eigenvalue weighted by Crippen LogP contribution is -2.00. The summed E-state index contributed by atoms with van der Waals surface area (Å²) >= 11 is 3.39. The van der Waals surface area contributed by atoms with Crippen molar-refractivity contribution in [2.45, 2.75) is 6.54 Å². The van der Waals surface area contributed by atoms with Crippen LogP contribution in [0.25, 0.3) is 10.9 Å². The van der Waals surface area contributed by atoms with Gasteiger partial charge in [-0.25, -0.2) is 0 Å². The highest BCUT2D eigenvalue weighted by molar-refractivity contribution is 9.10. The number of anilines is 1. The fourth-order valence-electron chi connectivity index (χ4n) is 2.52. The molecule has 0 saturated heterocycles. The fourth-order valence-corrected chi connectivity index (χ4v) is 2.88. The van der Waals surface area contributed by atoms with Crippen LogP contribution in [-0.2, 0) is 13.6 Å². The van der Waals surface area contributed by atoms with Gasteiger partial charge in [-0.3, -0.25) is 0 Å². The first-order valence-electron chi connectivity index (χ1n) is 6.65. The molecule has 104 valence electrons. The van der Waals surface area contributed by atoms with Crippen LogP contribution in [-0.4, -0.2) is 4.57 Å². The molecule has 0 aliphatic rings. The number of nitrogens with one attached hydrogen (secondary N) is 1. The van der Waals surface area contributed by atoms with Crippen LogP contribution in [0.4, 0.5) is 5.69 Å². The Balaban J connectivity index is 1.89. The Kier molecular flexibility index (Phi) is 3.68. The summed E-state index contributed by atoms with van der Waals surface area (Å²) in [6.07, 6.45) is 2.13. The van der Waals surface area contributed by atoms with Crippen molar-refractivity contribution in [3.05, 3.63) is 64.3 Å². The van der Waals surface area contributed by atoms with E-state index in [-0.39, 0.29) is 0 Å². The molecule has 21 heavy (non-hydrogen) atoms. The number of aromatic nitrogens is 1. The van der Waals surface area contributed by atoms with Crippen LogP contribution < -0.4 is 5.32 Å². The van der Waals surface area contributed by atoms with E-state index in [9.17, 15) is 5.26 Å². The standard InChI is InChI=1S/C17H14BrN3/c1-21-11-13(15-4-2-3-5-17(15)21)10-20-16-7-6-14(18)8-12(16)9-19/h2-8,11,20H,10H2,1H3. The van der Waals surface area contributed by atoms with Gasteiger partial charge >= 0.3 is 0 Å². The molecule has 2 aromatic carbocycles. The molecule has 1 N–H and O–H groups in total. The molecule has 3 rings (SSSR count). The molecule has 0 radical (unpaired) electrons. The van der Waals surface area contributed by atoms with Gasteiger partial charge in [0.15, 0.2) is 0 Å². The van der Waals surface area contributed by atoms with E-state index in [1.165, 1.54) is 16.5 Å². The zero-order valence-electron chi connectivity index (χ0n) is 11.6. The molecule has 0 spiro atoms. The number of benzene rings is 2. The minimum atomic E-state index is 0.643. The summed E-state index contributed by atoms with van der Waals surface area (Å²) in [5.74, 6) is 0. The first kappa shape index (κ1) is 13.7. The molecule has 3 aromatic rings. The van der Waals surface area contributed by atoms with Crippen LogP contribution >= 0.6 is 15.9 Å². The molecule has 0 bridgehead atoms. The Morgan fingerprint density at radius 1 is 1.24 bits per heavy atom. The smallest absolute Gasteiger partial charge is 0.101 e. The van der Waals surface area contributed by atoms with E-state index in [1.807, 2.05) is 37.4 Å². The average molecular weight is 340 g/mol. The molecule has 0 amide bonds. The van der Waals surface area contributed by atoms with Gasteiger partial charge in [-0.2, -0.15) is 5.26 Å². The van der Waals surface area contributed by atoms with Crippen molar-refractivity contribution in [3.8, 4) is 6.07 Å². The van der Waals surface area contributed by atoms with Crippen LogP contribution in [0.15, 0.2) is 53.1 Å². The summed E-state index contributed by atoms with van der Waals surface area (Å²) in [5.41, 5.74) is 3.93. The number of para-hydroxylation sites is 1. The molecule has 0 unspecified atom stereocenters. The van der Waals surface area contributed by atoms with Gasteiger partial charge in [0, 0.05) is 35.2 Å². The Bertz CT molecular complexity index is 843. The van der Waals surface area contributed by atoms with Gasteiger partial charge in [0.05, 0.1) is 11.3 Å². The molecule has 4 heteroatoms. The van der Waals surface area contributed by atoms with Crippen LogP contribution in [0.2, 0.25) is 0 Å². The topological polar surface area (TPSA) is 40.8 Å². The molecule has 0 fully saturated rings. The second kappa shape index (κ2) is 5.63. The maximum atomic E-state index is 9.20. The van der Waals surface area contributed by atoms with Crippen LogP contribution in [0, 0.1) is 11.3 Å². The zero-order chi connectivity index (χ0) is 14.8. The van der Waals surface area contributed by atoms with E-state index in [0.29, 0.717) is 12.1 Å². The maximum absolute atomic E-state index is 9.20. The van der Waals surface area contributed by atoms with E-state index < -0.39 is 0 Å². The largest absolute Gasteiger partial charge is 0.380 e. The van der Waals surface area contributed by atoms with E-state index in [0.717, 1.165) is 10.2 Å². The second-order valence-corrected chi connectivity index (χ2v) is 5.85. The lowest BCUT2D eigenvalue weighted by atomic mass is 10.1. The van der Waals surface area contributed by atoms with Gasteiger partial charge in [-0.1, -0.05) is 34.1 Å². The number of hydrogen-bond donors (Lipinski definition) is 1. The first-order valence-corrected chi connectivity index (χ1v) is 7.45. The number of nitriles is 1. The van der Waals surface area contributed by atoms with E-state index in [4.69, 9.17) is 0 Å². The van der Waals surface area contributed by atoms with E-state index in [2.05, 4.69) is 50.2 Å². The van der Waals surface area contributed by atoms with Crippen molar-refractivity contribution in [2.75, 3.05) is 5.32 Å². The first-order chi connectivity index (χ1) is 10.2. The molecular weight excluding hydrogens is 326 g/mol. The summed E-state index contributed by atoms with van der Waals surface area (Å²) in [4.78, 5) is 0. The second-order valence-electron chi connectivity index (χ2n) is 4.94. The molecule has 0 atom stereocenters.